The average Bonchev–Trinajstić information content (AvgIpc) is 2.14. The molecule has 0 aliphatic carbocycles. The Balaban J connectivity index is 2.62. The van der Waals surface area contributed by atoms with E-state index in [0.29, 0.717) is 5.96 Å². The van der Waals surface area contributed by atoms with E-state index in [-0.39, 0.29) is 0 Å². The molecule has 1 heterocycles. The summed E-state index contributed by atoms with van der Waals surface area (Å²) >= 11 is -1.54. The average molecular weight is 149 g/mol. The molecule has 0 aromatic carbocycles. The van der Waals surface area contributed by atoms with Gasteiger partial charge in [0.25, 0.3) is 0 Å². The molecule has 5 nitrogen and oxygen atoms in total. The van der Waals surface area contributed by atoms with Crippen LogP contribution in [-0.4, -0.2) is 29.2 Å². The maximum absolute atomic E-state index is 10.4. The third-order valence-electron chi connectivity index (χ3n) is 0.789. The van der Waals surface area contributed by atoms with Crippen molar-refractivity contribution in [2.45, 2.75) is 0 Å². The SMILES string of the molecule is CN(C)C1=NS(=O)ON1. The molecule has 0 fully saturated rings. The fourth-order valence-electron chi connectivity index (χ4n) is 0.354. The van der Waals surface area contributed by atoms with E-state index in [9.17, 15) is 4.21 Å². The number of nitrogens with one attached hydrogen (secondary N) is 1. The van der Waals surface area contributed by atoms with E-state index in [1.807, 2.05) is 0 Å². The molecule has 6 heteroatoms. The fourth-order valence-corrected chi connectivity index (χ4v) is 0.879. The van der Waals surface area contributed by atoms with Crippen LogP contribution in [0.3, 0.4) is 0 Å². The molecule has 0 aromatic rings. The third kappa shape index (κ3) is 1.39. The van der Waals surface area contributed by atoms with Crippen molar-refractivity contribution < 1.29 is 8.49 Å². The van der Waals surface area contributed by atoms with Crippen LogP contribution in [0.2, 0.25) is 0 Å². The maximum atomic E-state index is 10.4. The van der Waals surface area contributed by atoms with E-state index < -0.39 is 11.3 Å². The zero-order valence-corrected chi connectivity index (χ0v) is 5.94. The largest absolute Gasteiger partial charge is 0.346 e. The molecule has 52 valence electrons. The highest BCUT2D eigenvalue weighted by atomic mass is 32.2. The molecule has 1 aliphatic rings. The van der Waals surface area contributed by atoms with Crippen molar-refractivity contribution in [1.82, 2.24) is 10.4 Å². The normalized spacial score (nSPS) is 25.1. The van der Waals surface area contributed by atoms with Crippen molar-refractivity contribution in [1.29, 1.82) is 0 Å². The van der Waals surface area contributed by atoms with E-state index in [4.69, 9.17) is 0 Å². The lowest BCUT2D eigenvalue weighted by atomic mass is 10.8. The second-order valence-corrected chi connectivity index (χ2v) is 2.50. The van der Waals surface area contributed by atoms with Crippen LogP contribution in [0, 0.1) is 0 Å². The van der Waals surface area contributed by atoms with Gasteiger partial charge >= 0.3 is 11.3 Å². The fraction of sp³-hybridized carbons (Fsp3) is 0.667. The Kier molecular flexibility index (Phi) is 1.68. The van der Waals surface area contributed by atoms with Gasteiger partial charge in [0.15, 0.2) is 0 Å². The summed E-state index contributed by atoms with van der Waals surface area (Å²) in [6.07, 6.45) is 0. The summed E-state index contributed by atoms with van der Waals surface area (Å²) in [5, 5.41) is 0. The van der Waals surface area contributed by atoms with Gasteiger partial charge in [-0.15, -0.1) is 4.40 Å². The monoisotopic (exact) mass is 149 g/mol. The van der Waals surface area contributed by atoms with Crippen LogP contribution in [0.15, 0.2) is 4.40 Å². The second-order valence-electron chi connectivity index (χ2n) is 1.71. The zero-order chi connectivity index (χ0) is 6.85. The molecule has 1 atom stereocenters. The smallest absolute Gasteiger partial charge is 0.310 e. The van der Waals surface area contributed by atoms with Gasteiger partial charge in [-0.2, -0.15) is 4.28 Å². The molecule has 0 spiro atoms. The van der Waals surface area contributed by atoms with Gasteiger partial charge in [-0.05, 0) is 0 Å². The Labute approximate surface area is 55.5 Å². The molecule has 9 heavy (non-hydrogen) atoms. The molecule has 0 aromatic heterocycles. The van der Waals surface area contributed by atoms with Crippen molar-refractivity contribution in [3.8, 4) is 0 Å². The predicted molar refractivity (Wildman–Crippen MR) is 33.5 cm³/mol. The van der Waals surface area contributed by atoms with Gasteiger partial charge in [0.05, 0.1) is 0 Å². The van der Waals surface area contributed by atoms with E-state index in [1.165, 1.54) is 0 Å². The molecule has 1 rings (SSSR count). The van der Waals surface area contributed by atoms with Crippen molar-refractivity contribution in [3.63, 3.8) is 0 Å². The molecule has 1 aliphatic heterocycles. The molecular weight excluding hydrogens is 142 g/mol. The van der Waals surface area contributed by atoms with Crippen molar-refractivity contribution in [2.75, 3.05) is 14.1 Å². The first-order valence-corrected chi connectivity index (χ1v) is 3.34. The highest BCUT2D eigenvalue weighted by molar-refractivity contribution is 7.79. The quantitative estimate of drug-likeness (QED) is 0.481. The van der Waals surface area contributed by atoms with E-state index in [2.05, 4.69) is 14.2 Å². The highest BCUT2D eigenvalue weighted by Gasteiger charge is 2.13. The first kappa shape index (κ1) is 6.50. The standard InChI is InChI=1S/C3H7N3O2S/c1-6(2)3-4-8-9(7)5-3/h1-2H3,(H,4,5). The first-order chi connectivity index (χ1) is 4.20. The Hall–Kier alpha value is -0.620. The molecule has 1 unspecified atom stereocenters. The van der Waals surface area contributed by atoms with Crippen LogP contribution in [-0.2, 0) is 15.6 Å². The van der Waals surface area contributed by atoms with Crippen molar-refractivity contribution in [2.24, 2.45) is 4.40 Å². The second kappa shape index (κ2) is 2.32. The predicted octanol–water partition coefficient (Wildman–Crippen LogP) is -0.982. The third-order valence-corrected chi connectivity index (χ3v) is 1.34. The molecule has 0 saturated carbocycles. The van der Waals surface area contributed by atoms with Crippen LogP contribution in [0.25, 0.3) is 0 Å². The number of rotatable bonds is 0. The van der Waals surface area contributed by atoms with Crippen LogP contribution in [0.1, 0.15) is 0 Å². The van der Waals surface area contributed by atoms with Gasteiger partial charge < -0.3 is 4.90 Å². The lowest BCUT2D eigenvalue weighted by Gasteiger charge is -2.07. The summed E-state index contributed by atoms with van der Waals surface area (Å²) in [4.78, 5) is 1.67. The number of hydrogen-bond acceptors (Lipinski definition) is 4. The Morgan fingerprint density at radius 1 is 1.78 bits per heavy atom. The van der Waals surface area contributed by atoms with Crippen LogP contribution < -0.4 is 5.48 Å². The molecule has 1 N–H and O–H groups in total. The van der Waals surface area contributed by atoms with Crippen LogP contribution >= 0.6 is 0 Å². The molecular formula is C3H7N3O2S. The summed E-state index contributed by atoms with van der Waals surface area (Å²) in [5.74, 6) is 0.480. The lowest BCUT2D eigenvalue weighted by molar-refractivity contribution is 0.289. The minimum atomic E-state index is -1.54. The van der Waals surface area contributed by atoms with Gasteiger partial charge in [-0.1, -0.05) is 0 Å². The Morgan fingerprint density at radius 3 is 2.67 bits per heavy atom. The zero-order valence-electron chi connectivity index (χ0n) is 5.12. The van der Waals surface area contributed by atoms with Gasteiger partial charge in [0.1, 0.15) is 0 Å². The van der Waals surface area contributed by atoms with Gasteiger partial charge in [-0.25, -0.2) is 9.69 Å². The number of nitrogens with zero attached hydrogens (tertiary/aromatic N) is 2. The number of hydrogen-bond donors (Lipinski definition) is 1. The first-order valence-electron chi connectivity index (χ1n) is 2.31. The lowest BCUT2D eigenvalue weighted by Crippen LogP contribution is -2.31. The molecule has 0 amide bonds. The minimum Gasteiger partial charge on any atom is -0.346 e. The highest BCUT2D eigenvalue weighted by Crippen LogP contribution is 1.95. The minimum absolute atomic E-state index is 0.480. The number of guanidine groups is 1. The van der Waals surface area contributed by atoms with Crippen molar-refractivity contribution in [3.05, 3.63) is 0 Å². The van der Waals surface area contributed by atoms with E-state index >= 15 is 0 Å². The Bertz CT molecular complexity index is 166. The summed E-state index contributed by atoms with van der Waals surface area (Å²) in [6, 6.07) is 0. The molecule has 0 saturated heterocycles. The Morgan fingerprint density at radius 2 is 2.44 bits per heavy atom. The van der Waals surface area contributed by atoms with Crippen LogP contribution in [0.5, 0.6) is 0 Å². The summed E-state index contributed by atoms with van der Waals surface area (Å²) in [7, 11) is 3.55. The van der Waals surface area contributed by atoms with Gasteiger partial charge in [0.2, 0.25) is 5.96 Å². The van der Waals surface area contributed by atoms with E-state index in [0.717, 1.165) is 0 Å². The summed E-state index contributed by atoms with van der Waals surface area (Å²) < 4.78 is 18.3. The van der Waals surface area contributed by atoms with Crippen molar-refractivity contribution >= 4 is 17.2 Å². The topological polar surface area (TPSA) is 53.9 Å². The number of hydroxylamine groups is 1. The summed E-state index contributed by atoms with van der Waals surface area (Å²) in [5.41, 5.74) is 2.38. The van der Waals surface area contributed by atoms with Gasteiger partial charge in [0, 0.05) is 14.1 Å². The van der Waals surface area contributed by atoms with Crippen LogP contribution in [0.4, 0.5) is 0 Å². The summed E-state index contributed by atoms with van der Waals surface area (Å²) in [6.45, 7) is 0. The molecule has 0 bridgehead atoms. The maximum Gasteiger partial charge on any atom is 0.310 e. The van der Waals surface area contributed by atoms with Gasteiger partial charge in [-0.3, -0.25) is 0 Å². The van der Waals surface area contributed by atoms with E-state index in [1.54, 1.807) is 19.0 Å². The molecule has 0 radical (unpaired) electrons.